The molecule has 2 atom stereocenters. The Labute approximate surface area is 271 Å². The topological polar surface area (TPSA) is 98.7 Å². The molecule has 3 N–H and O–H groups in total. The molecule has 1 aliphatic carbocycles. The summed E-state index contributed by atoms with van der Waals surface area (Å²) >= 11 is 0. The van der Waals surface area contributed by atoms with Gasteiger partial charge in [0.2, 0.25) is 5.67 Å². The number of hydrogen-bond acceptors (Lipinski definition) is 3. The zero-order valence-electron chi connectivity index (χ0n) is 26.7. The number of aliphatic carboxylic acids is 1. The highest BCUT2D eigenvalue weighted by Crippen LogP contribution is 2.40. The number of rotatable bonds is 9. The fourth-order valence-corrected chi connectivity index (χ4v) is 5.35. The minimum Gasteiger partial charge on any atom is -0.479 e. The van der Waals surface area contributed by atoms with E-state index >= 15 is 0 Å². The van der Waals surface area contributed by atoms with Crippen LogP contribution in [-0.4, -0.2) is 35.2 Å². The maximum atomic E-state index is 14.0. The van der Waals surface area contributed by atoms with Gasteiger partial charge in [-0.25, -0.2) is 14.0 Å². The summed E-state index contributed by atoms with van der Waals surface area (Å²) in [5, 5.41) is 13.8. The molecule has 0 aromatic heterocycles. The smallest absolute Gasteiger partial charge is 0.416 e. The van der Waals surface area contributed by atoms with Crippen molar-refractivity contribution in [3.05, 3.63) is 101 Å². The molecule has 47 heavy (non-hydrogen) atoms. The Morgan fingerprint density at radius 2 is 1.57 bits per heavy atom. The second-order valence-electron chi connectivity index (χ2n) is 13.1. The van der Waals surface area contributed by atoms with Crippen LogP contribution in [0.15, 0.2) is 78.9 Å². The van der Waals surface area contributed by atoms with Crippen molar-refractivity contribution in [1.82, 2.24) is 5.32 Å². The molecule has 0 aliphatic heterocycles. The predicted molar refractivity (Wildman–Crippen MR) is 174 cm³/mol. The molecule has 0 radical (unpaired) electrons. The number of allylic oxidation sites excluding steroid dienone is 2. The number of nitrogens with zero attached hydrogens (tertiary/aromatic N) is 1. The molecule has 0 saturated carbocycles. The van der Waals surface area contributed by atoms with Gasteiger partial charge >= 0.3 is 18.2 Å². The molecule has 3 aromatic rings. The van der Waals surface area contributed by atoms with E-state index in [2.05, 4.69) is 37.5 Å². The predicted octanol–water partition coefficient (Wildman–Crippen LogP) is 8.72. The fraction of sp³-hybridized carbons (Fsp3) is 0.361. The van der Waals surface area contributed by atoms with Gasteiger partial charge in [0.1, 0.15) is 0 Å². The van der Waals surface area contributed by atoms with Crippen LogP contribution >= 0.6 is 0 Å². The molecule has 1 aliphatic rings. The van der Waals surface area contributed by atoms with E-state index in [4.69, 9.17) is 5.11 Å². The Morgan fingerprint density at radius 3 is 2.13 bits per heavy atom. The first-order chi connectivity index (χ1) is 21.9. The lowest BCUT2D eigenvalue weighted by Crippen LogP contribution is -2.43. The number of hydrogen-bond donors (Lipinski definition) is 3. The maximum absolute atomic E-state index is 14.0. The molecule has 2 unspecified atom stereocenters. The van der Waals surface area contributed by atoms with Crippen LogP contribution in [0.5, 0.6) is 0 Å². The molecule has 0 spiro atoms. The second-order valence-corrected chi connectivity index (χ2v) is 13.1. The Balaban J connectivity index is 1.56. The molecule has 0 bridgehead atoms. The van der Waals surface area contributed by atoms with Crippen LogP contribution in [0.4, 0.5) is 33.7 Å². The van der Waals surface area contributed by atoms with E-state index < -0.39 is 41.9 Å². The summed E-state index contributed by atoms with van der Waals surface area (Å²) < 4.78 is 54.0. The molecule has 0 saturated heterocycles. The highest BCUT2D eigenvalue weighted by Gasteiger charge is 2.33. The van der Waals surface area contributed by atoms with Crippen molar-refractivity contribution in [1.29, 1.82) is 0 Å². The third kappa shape index (κ3) is 9.21. The molecule has 4 rings (SSSR count). The van der Waals surface area contributed by atoms with E-state index in [1.165, 1.54) is 34.7 Å². The highest BCUT2D eigenvalue weighted by molar-refractivity contribution is 6.02. The van der Waals surface area contributed by atoms with Crippen LogP contribution < -0.4 is 15.5 Å². The summed E-state index contributed by atoms with van der Waals surface area (Å²) in [7, 11) is 0. The number of halogens is 4. The number of carboxylic acid groups (broad SMARTS) is 1. The van der Waals surface area contributed by atoms with Gasteiger partial charge in [0.05, 0.1) is 18.7 Å². The van der Waals surface area contributed by atoms with E-state index in [0.717, 1.165) is 43.9 Å². The minimum atomic E-state index is -4.58. The van der Waals surface area contributed by atoms with Crippen molar-refractivity contribution in [3.63, 3.8) is 0 Å². The maximum Gasteiger partial charge on any atom is 0.416 e. The minimum absolute atomic E-state index is 0.00354. The van der Waals surface area contributed by atoms with Crippen LogP contribution in [0.2, 0.25) is 0 Å². The van der Waals surface area contributed by atoms with E-state index in [1.54, 1.807) is 24.3 Å². The van der Waals surface area contributed by atoms with Gasteiger partial charge in [-0.1, -0.05) is 57.2 Å². The third-order valence-corrected chi connectivity index (χ3v) is 8.46. The number of alkyl halides is 4. The molecule has 0 fully saturated rings. The van der Waals surface area contributed by atoms with Crippen molar-refractivity contribution in [2.24, 2.45) is 11.3 Å². The highest BCUT2D eigenvalue weighted by atomic mass is 19.4. The van der Waals surface area contributed by atoms with Gasteiger partial charge in [-0.2, -0.15) is 13.2 Å². The summed E-state index contributed by atoms with van der Waals surface area (Å²) in [6, 6.07) is 17.2. The third-order valence-electron chi connectivity index (χ3n) is 8.46. The Morgan fingerprint density at radius 1 is 0.915 bits per heavy atom. The molecular formula is C36H39F4N3O4. The number of anilines is 2. The van der Waals surface area contributed by atoms with Crippen LogP contribution in [0.1, 0.15) is 74.0 Å². The average Bonchev–Trinajstić information content (AvgIpc) is 3.02. The molecular weight excluding hydrogens is 614 g/mol. The first-order valence-corrected chi connectivity index (χ1v) is 15.3. The lowest BCUT2D eigenvalue weighted by atomic mass is 9.72. The van der Waals surface area contributed by atoms with Gasteiger partial charge in [-0.15, -0.1) is 0 Å². The summed E-state index contributed by atoms with van der Waals surface area (Å²) in [5.74, 6) is -1.79. The first kappa shape index (κ1) is 35.2. The number of benzene rings is 3. The van der Waals surface area contributed by atoms with Crippen LogP contribution in [0, 0.1) is 11.3 Å². The lowest BCUT2D eigenvalue weighted by Gasteiger charge is -2.33. The second kappa shape index (κ2) is 14.0. The average molecular weight is 654 g/mol. The number of carbonyl (C=O) groups is 3. The quantitative estimate of drug-likeness (QED) is 0.201. The molecule has 250 valence electrons. The number of carboxylic acids is 1. The van der Waals surface area contributed by atoms with E-state index in [1.807, 2.05) is 12.1 Å². The van der Waals surface area contributed by atoms with Crippen LogP contribution in [0.3, 0.4) is 0 Å². The number of amides is 3. The number of urea groups is 1. The normalized spacial score (nSPS) is 16.4. The van der Waals surface area contributed by atoms with Gasteiger partial charge in [-0.05, 0) is 96.7 Å². The van der Waals surface area contributed by atoms with Gasteiger partial charge in [0.15, 0.2) is 0 Å². The molecule has 0 heterocycles. The van der Waals surface area contributed by atoms with Gasteiger partial charge in [0, 0.05) is 16.9 Å². The molecule has 3 amide bonds. The van der Waals surface area contributed by atoms with Gasteiger partial charge < -0.3 is 15.7 Å². The van der Waals surface area contributed by atoms with E-state index in [9.17, 15) is 31.9 Å². The zero-order chi connectivity index (χ0) is 34.6. The van der Waals surface area contributed by atoms with Crippen molar-refractivity contribution in [2.75, 3.05) is 16.8 Å². The Bertz CT molecular complexity index is 1630. The molecule has 3 aromatic carbocycles. The van der Waals surface area contributed by atoms with Crippen molar-refractivity contribution < 1.29 is 37.1 Å². The van der Waals surface area contributed by atoms with Crippen LogP contribution in [-0.2, 0) is 17.5 Å². The van der Waals surface area contributed by atoms with Gasteiger partial charge in [-0.3, -0.25) is 9.69 Å². The lowest BCUT2D eigenvalue weighted by molar-refractivity contribution is -0.149. The van der Waals surface area contributed by atoms with Crippen molar-refractivity contribution in [3.8, 4) is 0 Å². The van der Waals surface area contributed by atoms with Crippen LogP contribution in [0.25, 0.3) is 5.57 Å². The summed E-state index contributed by atoms with van der Waals surface area (Å²) in [5.41, 5.74) is 0.150. The molecule has 7 nitrogen and oxygen atoms in total. The van der Waals surface area contributed by atoms with E-state index in [0.29, 0.717) is 17.2 Å². The zero-order valence-corrected chi connectivity index (χ0v) is 26.7. The Kier molecular flexibility index (Phi) is 10.5. The number of carbonyl (C=O) groups excluding carboxylic acids is 2. The monoisotopic (exact) mass is 653 g/mol. The largest absolute Gasteiger partial charge is 0.479 e. The fourth-order valence-electron chi connectivity index (χ4n) is 5.35. The Hall–Kier alpha value is -4.67. The summed E-state index contributed by atoms with van der Waals surface area (Å²) in [4.78, 5) is 38.4. The van der Waals surface area contributed by atoms with Gasteiger partial charge in [0.25, 0.3) is 5.91 Å². The standard InChI is InChI=1S/C36H39F4N3O4/c1-34(2,3)27-16-12-24(13-17-27)25-14-18-30(19-15-25)43(33(47)42-29-7-5-6-28(20-29)36(38,39)40)21-23-8-10-26(11-9-23)31(44)41-22-35(4,37)32(45)46/h5-12,14-15,18-20,27H,13,16-17,21-22H2,1-4H3,(H,41,44)(H,42,47)(H,45,46). The van der Waals surface area contributed by atoms with Crippen molar-refractivity contribution in [2.45, 2.75) is 65.3 Å². The molecule has 11 heteroatoms. The SMILES string of the molecule is CC(F)(CNC(=O)c1ccc(CN(C(=O)Nc2cccc(C(F)(F)F)c2)c2ccc(C3=CCC(C(C)(C)C)CC3)cc2)cc1)C(=O)O. The summed E-state index contributed by atoms with van der Waals surface area (Å²) in [6.45, 7) is 6.86. The number of nitrogens with one attached hydrogen (secondary N) is 2. The summed E-state index contributed by atoms with van der Waals surface area (Å²) in [6.07, 6.45) is 0.666. The van der Waals surface area contributed by atoms with E-state index in [-0.39, 0.29) is 23.2 Å². The first-order valence-electron chi connectivity index (χ1n) is 15.3. The van der Waals surface area contributed by atoms with Crippen molar-refractivity contribution >= 4 is 34.9 Å².